The molecular weight excluding hydrogens is 625 g/mol. The quantitative estimate of drug-likeness (QED) is 0.221. The largest absolute Gasteiger partial charge is 0.497 e. The van der Waals surface area contributed by atoms with Crippen molar-refractivity contribution in [2.75, 3.05) is 13.7 Å². The van der Waals surface area contributed by atoms with E-state index in [0.717, 1.165) is 28.2 Å². The van der Waals surface area contributed by atoms with Crippen LogP contribution >= 0.6 is 33.9 Å². The molecule has 39 heavy (non-hydrogen) atoms. The number of thiazole rings is 1. The Morgan fingerprint density at radius 2 is 1.79 bits per heavy atom. The van der Waals surface area contributed by atoms with Crippen molar-refractivity contribution < 1.29 is 14.3 Å². The number of ether oxygens (including phenoxy) is 2. The predicted octanol–water partition coefficient (Wildman–Crippen LogP) is 4.82. The lowest BCUT2D eigenvalue weighted by Crippen LogP contribution is -2.39. The van der Waals surface area contributed by atoms with Crippen molar-refractivity contribution in [3.63, 3.8) is 0 Å². The number of aromatic nitrogens is 2. The van der Waals surface area contributed by atoms with Gasteiger partial charge in [-0.05, 0) is 110 Å². The summed E-state index contributed by atoms with van der Waals surface area (Å²) < 4.78 is 16.2. The summed E-state index contributed by atoms with van der Waals surface area (Å²) in [4.78, 5) is 32.2. The molecule has 0 saturated carbocycles. The first-order chi connectivity index (χ1) is 18.7. The van der Waals surface area contributed by atoms with Gasteiger partial charge in [0.05, 0.1) is 35.6 Å². The number of rotatable bonds is 6. The summed E-state index contributed by atoms with van der Waals surface area (Å²) in [5.41, 5.74) is 5.61. The van der Waals surface area contributed by atoms with E-state index >= 15 is 0 Å². The first kappa shape index (κ1) is 27.1. The van der Waals surface area contributed by atoms with Crippen molar-refractivity contribution in [3.05, 3.63) is 112 Å². The Balaban J connectivity index is 1.68. The van der Waals surface area contributed by atoms with E-state index in [2.05, 4.69) is 76.3 Å². The number of fused-ring (bicyclic) bond motifs is 1. The minimum Gasteiger partial charge on any atom is -0.497 e. The first-order valence-electron chi connectivity index (χ1n) is 12.5. The van der Waals surface area contributed by atoms with E-state index in [1.54, 1.807) is 25.5 Å². The van der Waals surface area contributed by atoms with E-state index in [1.165, 1.54) is 14.9 Å². The molecule has 2 aromatic heterocycles. The van der Waals surface area contributed by atoms with Crippen molar-refractivity contribution >= 4 is 46.0 Å². The van der Waals surface area contributed by atoms with Crippen molar-refractivity contribution in [1.29, 1.82) is 0 Å². The second-order valence-corrected chi connectivity index (χ2v) is 11.5. The van der Waals surface area contributed by atoms with Crippen LogP contribution in [0.4, 0.5) is 0 Å². The average Bonchev–Trinajstić information content (AvgIpc) is 3.38. The monoisotopic (exact) mass is 653 g/mol. The number of carbonyl (C=O) groups is 1. The molecule has 3 heterocycles. The number of halogens is 1. The normalized spacial score (nSPS) is 15.2. The molecule has 4 aromatic rings. The smallest absolute Gasteiger partial charge is 0.338 e. The van der Waals surface area contributed by atoms with E-state index in [-0.39, 0.29) is 12.2 Å². The molecule has 0 unspecified atom stereocenters. The summed E-state index contributed by atoms with van der Waals surface area (Å²) in [7, 11) is 1.60. The fourth-order valence-corrected chi connectivity index (χ4v) is 6.35. The maximum Gasteiger partial charge on any atom is 0.338 e. The number of allylic oxidation sites excluding steroid dienone is 1. The Morgan fingerprint density at radius 3 is 2.44 bits per heavy atom. The summed E-state index contributed by atoms with van der Waals surface area (Å²) in [5.74, 6) is 0.211. The fourth-order valence-electron chi connectivity index (χ4n) is 4.96. The highest BCUT2D eigenvalue weighted by molar-refractivity contribution is 14.1. The van der Waals surface area contributed by atoms with Gasteiger partial charge in [-0.15, -0.1) is 0 Å². The van der Waals surface area contributed by atoms with E-state index in [0.29, 0.717) is 26.4 Å². The van der Waals surface area contributed by atoms with Gasteiger partial charge in [0.1, 0.15) is 5.75 Å². The van der Waals surface area contributed by atoms with E-state index < -0.39 is 12.0 Å². The Labute approximate surface area is 243 Å². The molecule has 0 fully saturated rings. The van der Waals surface area contributed by atoms with E-state index in [9.17, 15) is 9.59 Å². The highest BCUT2D eigenvalue weighted by atomic mass is 127. The highest BCUT2D eigenvalue weighted by Gasteiger charge is 2.33. The first-order valence-corrected chi connectivity index (χ1v) is 14.4. The minimum absolute atomic E-state index is 0.201. The van der Waals surface area contributed by atoms with Gasteiger partial charge >= 0.3 is 5.97 Å². The summed E-state index contributed by atoms with van der Waals surface area (Å²) in [6, 6.07) is 17.1. The van der Waals surface area contributed by atoms with Gasteiger partial charge in [0.25, 0.3) is 5.56 Å². The topological polar surface area (TPSA) is 74.8 Å². The van der Waals surface area contributed by atoms with Gasteiger partial charge in [0.15, 0.2) is 4.80 Å². The summed E-state index contributed by atoms with van der Waals surface area (Å²) in [6.07, 6.45) is 1.92. The zero-order chi connectivity index (χ0) is 27.8. The molecule has 200 valence electrons. The van der Waals surface area contributed by atoms with Crippen molar-refractivity contribution in [1.82, 2.24) is 9.13 Å². The van der Waals surface area contributed by atoms with E-state index in [4.69, 9.17) is 9.47 Å². The number of methoxy groups -OCH3 is 1. The van der Waals surface area contributed by atoms with Gasteiger partial charge in [0, 0.05) is 20.6 Å². The van der Waals surface area contributed by atoms with Crippen molar-refractivity contribution in [3.8, 4) is 11.4 Å². The highest BCUT2D eigenvalue weighted by Crippen LogP contribution is 2.31. The molecule has 0 radical (unpaired) electrons. The number of hydrogen-bond donors (Lipinski definition) is 0. The minimum atomic E-state index is -0.660. The SMILES string of the molecule is CCOC(=O)C1=C(C)N=c2s/c(=C\c3cc(C)n(-c4ccc(I)cc4)c3C)c(=O)n2[C@@H]1c1ccc(OC)cc1. The molecule has 1 atom stereocenters. The molecule has 0 spiro atoms. The van der Waals surface area contributed by atoms with Crippen molar-refractivity contribution in [2.24, 2.45) is 4.99 Å². The van der Waals surface area contributed by atoms with Crippen LogP contribution in [0.25, 0.3) is 11.8 Å². The molecule has 2 aromatic carbocycles. The molecule has 0 N–H and O–H groups in total. The zero-order valence-corrected chi connectivity index (χ0v) is 25.3. The Kier molecular flexibility index (Phi) is 7.64. The average molecular weight is 654 g/mol. The van der Waals surface area contributed by atoms with Crippen LogP contribution in [0.5, 0.6) is 5.75 Å². The maximum atomic E-state index is 13.9. The second-order valence-electron chi connectivity index (χ2n) is 9.21. The zero-order valence-electron chi connectivity index (χ0n) is 22.3. The van der Waals surface area contributed by atoms with Gasteiger partial charge in [0.2, 0.25) is 0 Å². The third-order valence-corrected chi connectivity index (χ3v) is 8.49. The van der Waals surface area contributed by atoms with Gasteiger partial charge in [-0.1, -0.05) is 23.5 Å². The lowest BCUT2D eigenvalue weighted by molar-refractivity contribution is -0.139. The second kappa shape index (κ2) is 11.0. The Hall–Kier alpha value is -3.44. The molecule has 0 bridgehead atoms. The number of hydrogen-bond acceptors (Lipinski definition) is 6. The third kappa shape index (κ3) is 5.00. The summed E-state index contributed by atoms with van der Waals surface area (Å²) >= 11 is 3.62. The molecular formula is C30H28IN3O4S. The Morgan fingerprint density at radius 1 is 1.10 bits per heavy atom. The van der Waals surface area contributed by atoms with Crippen LogP contribution in [0, 0.1) is 17.4 Å². The number of benzene rings is 2. The third-order valence-electron chi connectivity index (χ3n) is 6.79. The molecule has 1 aliphatic heterocycles. The van der Waals surface area contributed by atoms with Crippen molar-refractivity contribution in [2.45, 2.75) is 33.7 Å². The molecule has 1 aliphatic rings. The van der Waals surface area contributed by atoms with Crippen LogP contribution < -0.4 is 19.6 Å². The number of nitrogens with zero attached hydrogens (tertiary/aromatic N) is 3. The Bertz CT molecular complexity index is 1780. The molecule has 0 saturated heterocycles. The number of carbonyl (C=O) groups excluding carboxylic acids is 1. The number of esters is 1. The van der Waals surface area contributed by atoms with Crippen LogP contribution in [-0.2, 0) is 9.53 Å². The predicted molar refractivity (Wildman–Crippen MR) is 161 cm³/mol. The summed E-state index contributed by atoms with van der Waals surface area (Å²) in [5, 5.41) is 0. The van der Waals surface area contributed by atoms with Crippen LogP contribution in [0.3, 0.4) is 0 Å². The lowest BCUT2D eigenvalue weighted by atomic mass is 9.96. The van der Waals surface area contributed by atoms with Gasteiger partial charge in [-0.2, -0.15) is 0 Å². The standard InChI is InChI=1S/C30H28IN3O4S/c1-6-38-29(36)26-18(3)32-30-34(27(26)20-7-13-24(37-5)14-8-20)28(35)25(39-30)16-21-15-17(2)33(19(21)4)23-11-9-22(31)10-12-23/h7-16,27H,6H2,1-5H3/b25-16-/t27-/m1/s1. The molecule has 9 heteroatoms. The molecule has 7 nitrogen and oxygen atoms in total. The molecule has 0 amide bonds. The van der Waals surface area contributed by atoms with Gasteiger partial charge in [-0.25, -0.2) is 9.79 Å². The fraction of sp³-hybridized carbons (Fsp3) is 0.233. The molecule has 5 rings (SSSR count). The van der Waals surface area contributed by atoms with Crippen LogP contribution in [0.15, 0.2) is 75.7 Å². The number of aryl methyl sites for hydroxylation is 1. The van der Waals surface area contributed by atoms with Gasteiger partial charge in [-0.3, -0.25) is 9.36 Å². The van der Waals surface area contributed by atoms with Crippen LogP contribution in [0.1, 0.15) is 42.4 Å². The van der Waals surface area contributed by atoms with Gasteiger partial charge < -0.3 is 14.0 Å². The van der Waals surface area contributed by atoms with E-state index in [1.807, 2.05) is 30.3 Å². The molecule has 0 aliphatic carbocycles. The van der Waals surface area contributed by atoms with Crippen LogP contribution in [-0.4, -0.2) is 28.8 Å². The van der Waals surface area contributed by atoms with Crippen LogP contribution in [0.2, 0.25) is 0 Å². The lowest BCUT2D eigenvalue weighted by Gasteiger charge is -2.24. The summed E-state index contributed by atoms with van der Waals surface area (Å²) in [6.45, 7) is 7.89. The maximum absolute atomic E-state index is 13.9.